The number of rotatable bonds is 9. The molecule has 1 aromatic heterocycles. The van der Waals surface area contributed by atoms with Crippen molar-refractivity contribution in [1.29, 1.82) is 5.26 Å². The summed E-state index contributed by atoms with van der Waals surface area (Å²) in [5.74, 6) is 0.240. The first-order valence-electron chi connectivity index (χ1n) is 10.3. The van der Waals surface area contributed by atoms with Gasteiger partial charge >= 0.3 is 5.97 Å². The zero-order chi connectivity index (χ0) is 22.3. The van der Waals surface area contributed by atoms with Crippen LogP contribution in [-0.2, 0) is 17.8 Å². The summed E-state index contributed by atoms with van der Waals surface area (Å²) < 4.78 is 13.6. The highest BCUT2D eigenvalue weighted by atomic mass is 16.5. The van der Waals surface area contributed by atoms with Gasteiger partial charge in [0.25, 0.3) is 0 Å². The van der Waals surface area contributed by atoms with Crippen molar-refractivity contribution in [1.82, 2.24) is 4.57 Å². The fraction of sp³-hybridized carbons (Fsp3) is 0.154. The molecule has 6 heteroatoms. The monoisotopic (exact) mass is 426 g/mol. The molecule has 1 N–H and O–H groups in total. The first kappa shape index (κ1) is 21.0. The first-order chi connectivity index (χ1) is 15.6. The standard InChI is InChI=1S/C26H22N2O4/c27-18-20-8-11-24-21(16-20)12-13-28(24)14-15-31-22-9-6-19(7-10-22)17-25(26(29)30)32-23-4-2-1-3-5-23/h1-13,16,25H,14-15,17H2,(H,29,30). The fourth-order valence-electron chi connectivity index (χ4n) is 3.51. The van der Waals surface area contributed by atoms with Crippen LogP contribution in [-0.4, -0.2) is 28.4 Å². The predicted octanol–water partition coefficient (Wildman–Crippen LogP) is 4.67. The Kier molecular flexibility index (Phi) is 6.38. The predicted molar refractivity (Wildman–Crippen MR) is 121 cm³/mol. The van der Waals surface area contributed by atoms with E-state index in [4.69, 9.17) is 14.7 Å². The third-order valence-corrected chi connectivity index (χ3v) is 5.14. The lowest BCUT2D eigenvalue weighted by molar-refractivity contribution is -0.145. The average Bonchev–Trinajstić information content (AvgIpc) is 3.22. The van der Waals surface area contributed by atoms with E-state index in [2.05, 4.69) is 10.6 Å². The molecular weight excluding hydrogens is 404 g/mol. The topological polar surface area (TPSA) is 84.5 Å². The molecule has 0 radical (unpaired) electrons. The van der Waals surface area contributed by atoms with Gasteiger partial charge in [0.1, 0.15) is 18.1 Å². The van der Waals surface area contributed by atoms with Crippen LogP contribution in [0.4, 0.5) is 0 Å². The lowest BCUT2D eigenvalue weighted by Gasteiger charge is -2.15. The SMILES string of the molecule is N#Cc1ccc2c(ccn2CCOc2ccc(CC(Oc3ccccc3)C(=O)O)cc2)c1. The normalized spacial score (nSPS) is 11.6. The number of hydrogen-bond acceptors (Lipinski definition) is 4. The van der Waals surface area contributed by atoms with Gasteiger partial charge in [-0.2, -0.15) is 5.26 Å². The van der Waals surface area contributed by atoms with Crippen molar-refractivity contribution in [3.8, 4) is 17.6 Å². The molecule has 6 nitrogen and oxygen atoms in total. The van der Waals surface area contributed by atoms with Gasteiger partial charge in [-0.1, -0.05) is 30.3 Å². The number of nitriles is 1. The Morgan fingerprint density at radius 1 is 1.00 bits per heavy atom. The Morgan fingerprint density at radius 2 is 1.78 bits per heavy atom. The van der Waals surface area contributed by atoms with E-state index in [9.17, 15) is 9.90 Å². The molecule has 0 saturated carbocycles. The van der Waals surface area contributed by atoms with Gasteiger partial charge in [0.15, 0.2) is 6.10 Å². The number of ether oxygens (including phenoxy) is 2. The van der Waals surface area contributed by atoms with E-state index in [0.717, 1.165) is 16.5 Å². The average molecular weight is 426 g/mol. The molecule has 32 heavy (non-hydrogen) atoms. The zero-order valence-corrected chi connectivity index (χ0v) is 17.3. The number of aromatic nitrogens is 1. The summed E-state index contributed by atoms with van der Waals surface area (Å²) in [7, 11) is 0. The van der Waals surface area contributed by atoms with E-state index >= 15 is 0 Å². The molecule has 4 aromatic rings. The van der Waals surface area contributed by atoms with Gasteiger partial charge in [0, 0.05) is 23.5 Å². The summed E-state index contributed by atoms with van der Waals surface area (Å²) in [5.41, 5.74) is 2.55. The van der Waals surface area contributed by atoms with E-state index < -0.39 is 12.1 Å². The smallest absolute Gasteiger partial charge is 0.345 e. The molecule has 0 saturated heterocycles. The van der Waals surface area contributed by atoms with Crippen molar-refractivity contribution >= 4 is 16.9 Å². The molecule has 0 amide bonds. The number of hydrogen-bond donors (Lipinski definition) is 1. The van der Waals surface area contributed by atoms with E-state index in [0.29, 0.717) is 30.2 Å². The van der Waals surface area contributed by atoms with Crippen LogP contribution >= 0.6 is 0 Å². The second-order valence-electron chi connectivity index (χ2n) is 7.35. The zero-order valence-electron chi connectivity index (χ0n) is 17.3. The molecule has 0 fully saturated rings. The van der Waals surface area contributed by atoms with Gasteiger partial charge in [0.05, 0.1) is 18.2 Å². The number of fused-ring (bicyclic) bond motifs is 1. The van der Waals surface area contributed by atoms with Crippen LogP contribution in [0.15, 0.2) is 85.1 Å². The molecule has 0 spiro atoms. The van der Waals surface area contributed by atoms with Crippen LogP contribution in [0.1, 0.15) is 11.1 Å². The van der Waals surface area contributed by atoms with Crippen molar-refractivity contribution in [2.24, 2.45) is 0 Å². The summed E-state index contributed by atoms with van der Waals surface area (Å²) in [5, 5.41) is 19.5. The molecule has 0 aliphatic rings. The van der Waals surface area contributed by atoms with E-state index in [1.54, 1.807) is 24.3 Å². The number of aliphatic carboxylic acids is 1. The van der Waals surface area contributed by atoms with Crippen LogP contribution < -0.4 is 9.47 Å². The maximum atomic E-state index is 11.6. The number of benzene rings is 3. The summed E-state index contributed by atoms with van der Waals surface area (Å²) in [6, 6.07) is 26.1. The largest absolute Gasteiger partial charge is 0.492 e. The summed E-state index contributed by atoms with van der Waals surface area (Å²) in [6.07, 6.45) is 1.27. The minimum atomic E-state index is -1.00. The maximum Gasteiger partial charge on any atom is 0.345 e. The number of para-hydroxylation sites is 1. The number of carboxylic acids is 1. The third-order valence-electron chi connectivity index (χ3n) is 5.14. The Morgan fingerprint density at radius 3 is 2.50 bits per heavy atom. The molecule has 160 valence electrons. The molecule has 4 rings (SSSR count). The van der Waals surface area contributed by atoms with Gasteiger partial charge in [-0.15, -0.1) is 0 Å². The van der Waals surface area contributed by atoms with Crippen molar-refractivity contribution in [2.45, 2.75) is 19.1 Å². The molecule has 0 bridgehead atoms. The Hall–Kier alpha value is -4.24. The van der Waals surface area contributed by atoms with Gasteiger partial charge in [-0.3, -0.25) is 0 Å². The summed E-state index contributed by atoms with van der Waals surface area (Å²) in [4.78, 5) is 11.6. The highest BCUT2D eigenvalue weighted by Gasteiger charge is 2.20. The minimum Gasteiger partial charge on any atom is -0.492 e. The minimum absolute atomic E-state index is 0.255. The molecule has 1 unspecified atom stereocenters. The highest BCUT2D eigenvalue weighted by Crippen LogP contribution is 2.19. The molecule has 3 aromatic carbocycles. The molecule has 1 heterocycles. The lowest BCUT2D eigenvalue weighted by atomic mass is 10.1. The molecule has 0 aliphatic carbocycles. The second-order valence-corrected chi connectivity index (χ2v) is 7.35. The Balaban J connectivity index is 1.32. The molecule has 0 aliphatic heterocycles. The van der Waals surface area contributed by atoms with Gasteiger partial charge in [0.2, 0.25) is 0 Å². The van der Waals surface area contributed by atoms with Crippen LogP contribution in [0.5, 0.6) is 11.5 Å². The number of carboxylic acid groups (broad SMARTS) is 1. The molecular formula is C26H22N2O4. The number of carbonyl (C=O) groups is 1. The highest BCUT2D eigenvalue weighted by molar-refractivity contribution is 5.81. The second kappa shape index (κ2) is 9.71. The lowest BCUT2D eigenvalue weighted by Crippen LogP contribution is -2.29. The Labute approximate surface area is 185 Å². The number of nitrogens with zero attached hydrogens (tertiary/aromatic N) is 2. The van der Waals surface area contributed by atoms with Crippen LogP contribution in [0, 0.1) is 11.3 Å². The quantitative estimate of drug-likeness (QED) is 0.421. The van der Waals surface area contributed by atoms with Crippen LogP contribution in [0.3, 0.4) is 0 Å². The molecule has 1 atom stereocenters. The van der Waals surface area contributed by atoms with Crippen molar-refractivity contribution in [3.05, 3.63) is 96.2 Å². The van der Waals surface area contributed by atoms with Gasteiger partial charge < -0.3 is 19.1 Å². The maximum absolute atomic E-state index is 11.6. The van der Waals surface area contributed by atoms with Crippen molar-refractivity contribution in [2.75, 3.05) is 6.61 Å². The Bertz CT molecular complexity index is 1240. The van der Waals surface area contributed by atoms with E-state index in [1.807, 2.05) is 60.8 Å². The van der Waals surface area contributed by atoms with Crippen molar-refractivity contribution < 1.29 is 19.4 Å². The van der Waals surface area contributed by atoms with Crippen LogP contribution in [0.25, 0.3) is 10.9 Å². The third kappa shape index (κ3) is 5.08. The van der Waals surface area contributed by atoms with Gasteiger partial charge in [-0.25, -0.2) is 4.79 Å². The first-order valence-corrected chi connectivity index (χ1v) is 10.3. The van der Waals surface area contributed by atoms with Gasteiger partial charge in [-0.05, 0) is 54.1 Å². The summed E-state index contributed by atoms with van der Waals surface area (Å²) in [6.45, 7) is 1.15. The van der Waals surface area contributed by atoms with Crippen LogP contribution in [0.2, 0.25) is 0 Å². The van der Waals surface area contributed by atoms with E-state index in [-0.39, 0.29) is 6.42 Å². The summed E-state index contributed by atoms with van der Waals surface area (Å²) >= 11 is 0. The van der Waals surface area contributed by atoms with Crippen molar-refractivity contribution in [3.63, 3.8) is 0 Å². The fourth-order valence-corrected chi connectivity index (χ4v) is 3.51. The van der Waals surface area contributed by atoms with E-state index in [1.165, 1.54) is 0 Å².